The summed E-state index contributed by atoms with van der Waals surface area (Å²) in [6, 6.07) is 12.4. The van der Waals surface area contributed by atoms with Gasteiger partial charge in [0.1, 0.15) is 12.6 Å². The summed E-state index contributed by atoms with van der Waals surface area (Å²) >= 11 is 0. The van der Waals surface area contributed by atoms with Gasteiger partial charge < -0.3 is 9.42 Å². The van der Waals surface area contributed by atoms with Crippen LogP contribution in [0.3, 0.4) is 0 Å². The average molecular weight is 497 g/mol. The van der Waals surface area contributed by atoms with Gasteiger partial charge in [-0.1, -0.05) is 52.7 Å². The summed E-state index contributed by atoms with van der Waals surface area (Å²) in [5, 5.41) is 4.01. The molecule has 1 unspecified atom stereocenters. The summed E-state index contributed by atoms with van der Waals surface area (Å²) in [7, 11) is -4.18. The average Bonchev–Trinajstić information content (AvgIpc) is 3.44. The fraction of sp³-hybridized carbons (Fsp3) is 0.360. The molecule has 0 aliphatic carbocycles. The van der Waals surface area contributed by atoms with E-state index in [0.717, 1.165) is 21.0 Å². The van der Waals surface area contributed by atoms with Gasteiger partial charge in [-0.05, 0) is 46.2 Å². The van der Waals surface area contributed by atoms with Gasteiger partial charge >= 0.3 is 0 Å². The van der Waals surface area contributed by atoms with Crippen LogP contribution in [0, 0.1) is 13.8 Å². The molecule has 1 aliphatic rings. The summed E-state index contributed by atoms with van der Waals surface area (Å²) in [6.45, 7) is 7.44. The number of nitrogens with zero attached hydrogens (tertiary/aromatic N) is 4. The lowest BCUT2D eigenvalue weighted by atomic mass is 10.1. The van der Waals surface area contributed by atoms with E-state index in [9.17, 15) is 18.0 Å². The van der Waals surface area contributed by atoms with Crippen molar-refractivity contribution in [3.63, 3.8) is 0 Å². The van der Waals surface area contributed by atoms with Gasteiger partial charge in [-0.2, -0.15) is 4.98 Å². The summed E-state index contributed by atoms with van der Waals surface area (Å²) in [4.78, 5) is 32.1. The molecule has 0 spiro atoms. The lowest BCUT2D eigenvalue weighted by molar-refractivity contribution is -0.140. The number of carbonyl (C=O) groups excluding carboxylic acids is 2. The van der Waals surface area contributed by atoms with Crippen molar-refractivity contribution in [2.75, 3.05) is 0 Å². The van der Waals surface area contributed by atoms with Crippen molar-refractivity contribution in [3.05, 3.63) is 65.5 Å². The van der Waals surface area contributed by atoms with Crippen molar-refractivity contribution in [3.8, 4) is 11.4 Å². The number of aromatic nitrogens is 2. The highest BCUT2D eigenvalue weighted by atomic mass is 32.2. The van der Waals surface area contributed by atoms with Gasteiger partial charge in [0.25, 0.3) is 10.0 Å². The number of hydrogen-bond acceptors (Lipinski definition) is 7. The Morgan fingerprint density at radius 2 is 1.69 bits per heavy atom. The van der Waals surface area contributed by atoms with Crippen LogP contribution in [-0.4, -0.2) is 51.7 Å². The second-order valence-electron chi connectivity index (χ2n) is 9.00. The Balaban J connectivity index is 1.58. The number of hydrogen-bond donors (Lipinski definition) is 0. The molecule has 10 heteroatoms. The molecule has 0 saturated carbocycles. The first-order valence-corrected chi connectivity index (χ1v) is 12.9. The molecule has 2 heterocycles. The zero-order chi connectivity index (χ0) is 25.3. The first kappa shape index (κ1) is 24.6. The number of sulfonamides is 1. The molecule has 2 amide bonds. The Kier molecular flexibility index (Phi) is 6.75. The van der Waals surface area contributed by atoms with Crippen LogP contribution in [0.5, 0.6) is 0 Å². The van der Waals surface area contributed by atoms with E-state index in [1.54, 1.807) is 12.1 Å². The van der Waals surface area contributed by atoms with Crippen LogP contribution >= 0.6 is 0 Å². The zero-order valence-electron chi connectivity index (χ0n) is 20.1. The number of rotatable bonds is 7. The largest absolute Gasteiger partial charge is 0.337 e. The van der Waals surface area contributed by atoms with Gasteiger partial charge in [0.15, 0.2) is 0 Å². The molecule has 3 aromatic rings. The van der Waals surface area contributed by atoms with E-state index in [0.29, 0.717) is 5.82 Å². The Morgan fingerprint density at radius 3 is 2.29 bits per heavy atom. The maximum atomic E-state index is 13.6. The summed E-state index contributed by atoms with van der Waals surface area (Å²) in [6.07, 6.45) is 0.0932. The molecule has 1 atom stereocenters. The Hall–Kier alpha value is -3.53. The van der Waals surface area contributed by atoms with Gasteiger partial charge in [0, 0.05) is 18.0 Å². The molecule has 0 N–H and O–H groups in total. The van der Waals surface area contributed by atoms with E-state index in [2.05, 4.69) is 10.1 Å². The third kappa shape index (κ3) is 4.97. The van der Waals surface area contributed by atoms with Gasteiger partial charge in [-0.25, -0.2) is 12.7 Å². The molecule has 1 saturated heterocycles. The van der Waals surface area contributed by atoms with Crippen molar-refractivity contribution in [1.82, 2.24) is 19.3 Å². The summed E-state index contributed by atoms with van der Waals surface area (Å²) in [5.74, 6) is -0.445. The van der Waals surface area contributed by atoms with Crippen molar-refractivity contribution >= 4 is 21.8 Å². The summed E-state index contributed by atoms with van der Waals surface area (Å²) < 4.78 is 32.7. The molecule has 0 bridgehead atoms. The number of aryl methyl sites for hydroxylation is 2. The third-order valence-electron chi connectivity index (χ3n) is 6.01. The molecule has 0 radical (unpaired) electrons. The van der Waals surface area contributed by atoms with Crippen molar-refractivity contribution < 1.29 is 22.5 Å². The molecule has 1 aliphatic heterocycles. The molecular weight excluding hydrogens is 468 g/mol. The van der Waals surface area contributed by atoms with Crippen LogP contribution in [0.25, 0.3) is 11.4 Å². The van der Waals surface area contributed by atoms with Gasteiger partial charge in [0.2, 0.25) is 23.5 Å². The predicted molar refractivity (Wildman–Crippen MR) is 128 cm³/mol. The van der Waals surface area contributed by atoms with E-state index >= 15 is 0 Å². The predicted octanol–water partition coefficient (Wildman–Crippen LogP) is 3.47. The smallest absolute Gasteiger partial charge is 0.267 e. The van der Waals surface area contributed by atoms with Gasteiger partial charge in [-0.3, -0.25) is 9.59 Å². The molecule has 1 aromatic heterocycles. The third-order valence-corrected chi connectivity index (χ3v) is 7.86. The van der Waals surface area contributed by atoms with Gasteiger partial charge in [-0.15, -0.1) is 0 Å². The van der Waals surface area contributed by atoms with E-state index in [4.69, 9.17) is 4.52 Å². The highest BCUT2D eigenvalue weighted by molar-refractivity contribution is 7.89. The fourth-order valence-electron chi connectivity index (χ4n) is 4.00. The lowest BCUT2D eigenvalue weighted by Crippen LogP contribution is -2.50. The van der Waals surface area contributed by atoms with Crippen molar-refractivity contribution in [2.24, 2.45) is 0 Å². The first-order chi connectivity index (χ1) is 16.6. The molecule has 4 rings (SSSR count). The normalized spacial score (nSPS) is 16.2. The van der Waals surface area contributed by atoms with Crippen LogP contribution in [0.1, 0.15) is 43.7 Å². The van der Waals surface area contributed by atoms with Crippen LogP contribution in [0.4, 0.5) is 0 Å². The van der Waals surface area contributed by atoms with E-state index < -0.39 is 27.9 Å². The molecule has 9 nitrogen and oxygen atoms in total. The second kappa shape index (κ2) is 9.61. The maximum Gasteiger partial charge on any atom is 0.267 e. The SMILES string of the molecule is Cc1ccc(-c2noc(CN(C(=O)C3CCC(=O)N3S(=O)(=O)c3ccc(C)cc3)C(C)C)n2)cc1. The standard InChI is InChI=1S/C25H28N4O5S/c1-16(2)28(15-22-26-24(27-34-22)19-9-5-17(3)6-10-19)25(31)21-13-14-23(30)29(21)35(32,33)20-11-7-18(4)8-12-20/h5-12,16,21H,13-15H2,1-4H3. The molecule has 35 heavy (non-hydrogen) atoms. The highest BCUT2D eigenvalue weighted by Crippen LogP contribution is 2.29. The Morgan fingerprint density at radius 1 is 1.09 bits per heavy atom. The van der Waals surface area contributed by atoms with Crippen molar-refractivity contribution in [1.29, 1.82) is 0 Å². The van der Waals surface area contributed by atoms with E-state index in [1.165, 1.54) is 17.0 Å². The first-order valence-electron chi connectivity index (χ1n) is 11.4. The fourth-order valence-corrected chi connectivity index (χ4v) is 5.60. The van der Waals surface area contributed by atoms with Crippen LogP contribution in [0.2, 0.25) is 0 Å². The topological polar surface area (TPSA) is 114 Å². The molecular formula is C25H28N4O5S. The Labute approximate surface area is 204 Å². The molecule has 1 fully saturated rings. The van der Waals surface area contributed by atoms with E-state index in [-0.39, 0.29) is 36.2 Å². The number of benzene rings is 2. The monoisotopic (exact) mass is 496 g/mol. The Bertz CT molecular complexity index is 1330. The van der Waals surface area contributed by atoms with Crippen LogP contribution in [-0.2, 0) is 26.2 Å². The van der Waals surface area contributed by atoms with Crippen molar-refractivity contribution in [2.45, 2.75) is 64.1 Å². The molecule has 184 valence electrons. The summed E-state index contributed by atoms with van der Waals surface area (Å²) in [5.41, 5.74) is 2.77. The van der Waals surface area contributed by atoms with Gasteiger partial charge in [0.05, 0.1) is 4.90 Å². The minimum atomic E-state index is -4.18. The van der Waals surface area contributed by atoms with E-state index in [1.807, 2.05) is 52.0 Å². The maximum absolute atomic E-state index is 13.6. The minimum absolute atomic E-state index is 0.00152. The minimum Gasteiger partial charge on any atom is -0.337 e. The van der Waals surface area contributed by atoms with Crippen LogP contribution in [0.15, 0.2) is 57.9 Å². The zero-order valence-corrected chi connectivity index (χ0v) is 20.9. The lowest BCUT2D eigenvalue weighted by Gasteiger charge is -2.31. The quantitative estimate of drug-likeness (QED) is 0.492. The second-order valence-corrected chi connectivity index (χ2v) is 10.8. The van der Waals surface area contributed by atoms with Crippen LogP contribution < -0.4 is 0 Å². The number of carbonyl (C=O) groups is 2. The molecule has 2 aromatic carbocycles. The highest BCUT2D eigenvalue weighted by Gasteiger charge is 2.46. The number of amides is 2.